The molecule has 0 unspecified atom stereocenters. The number of furan rings is 1. The summed E-state index contributed by atoms with van der Waals surface area (Å²) in [4.78, 5) is 10.7. The van der Waals surface area contributed by atoms with Crippen LogP contribution in [0.15, 0.2) is 39.8 Å². The summed E-state index contributed by atoms with van der Waals surface area (Å²) in [6.07, 6.45) is 0. The van der Waals surface area contributed by atoms with E-state index in [1.54, 1.807) is 0 Å². The first-order valence-electron chi connectivity index (χ1n) is 5.53. The van der Waals surface area contributed by atoms with Gasteiger partial charge in [0.1, 0.15) is 5.75 Å². The number of carbonyl (C=O) groups is 1. The number of sulfonamides is 1. The molecule has 21 heavy (non-hydrogen) atoms. The Hall–Kier alpha value is -2.19. The molecule has 0 atom stereocenters. The number of carboxylic acids is 1. The van der Waals surface area contributed by atoms with E-state index in [0.29, 0.717) is 5.02 Å². The first-order chi connectivity index (χ1) is 9.83. The SMILES string of the molecule is COc1ccc(Cl)cc1NS(=O)(=O)c1ccc(C(=O)O)o1. The van der Waals surface area contributed by atoms with Gasteiger partial charge in [0.25, 0.3) is 10.0 Å². The van der Waals surface area contributed by atoms with E-state index in [-0.39, 0.29) is 11.4 Å². The van der Waals surface area contributed by atoms with E-state index < -0.39 is 26.8 Å². The van der Waals surface area contributed by atoms with Crippen LogP contribution in [0.1, 0.15) is 10.6 Å². The van der Waals surface area contributed by atoms with Gasteiger partial charge in [-0.25, -0.2) is 4.79 Å². The zero-order chi connectivity index (χ0) is 15.6. The van der Waals surface area contributed by atoms with Gasteiger partial charge in [-0.3, -0.25) is 4.72 Å². The van der Waals surface area contributed by atoms with Crippen LogP contribution < -0.4 is 9.46 Å². The molecule has 1 heterocycles. The van der Waals surface area contributed by atoms with E-state index >= 15 is 0 Å². The summed E-state index contributed by atoms with van der Waals surface area (Å²) in [7, 11) is -2.72. The van der Waals surface area contributed by atoms with Crippen molar-refractivity contribution in [3.05, 3.63) is 41.1 Å². The zero-order valence-corrected chi connectivity index (χ0v) is 12.2. The van der Waals surface area contributed by atoms with Gasteiger partial charge in [-0.05, 0) is 30.3 Å². The molecule has 0 aliphatic heterocycles. The van der Waals surface area contributed by atoms with Gasteiger partial charge in [0.15, 0.2) is 0 Å². The first kappa shape index (κ1) is 15.2. The molecular weight excluding hydrogens is 322 g/mol. The number of aromatic carboxylic acids is 1. The average Bonchev–Trinajstić information content (AvgIpc) is 2.89. The van der Waals surface area contributed by atoms with Crippen LogP contribution >= 0.6 is 11.6 Å². The fourth-order valence-corrected chi connectivity index (χ4v) is 2.70. The highest BCUT2D eigenvalue weighted by Gasteiger charge is 2.22. The van der Waals surface area contributed by atoms with Crippen LogP contribution in [-0.4, -0.2) is 26.6 Å². The smallest absolute Gasteiger partial charge is 0.371 e. The van der Waals surface area contributed by atoms with Crippen molar-refractivity contribution in [1.82, 2.24) is 0 Å². The minimum absolute atomic E-state index is 0.110. The third kappa shape index (κ3) is 3.29. The molecule has 0 amide bonds. The Balaban J connectivity index is 2.37. The van der Waals surface area contributed by atoms with Crippen molar-refractivity contribution in [2.24, 2.45) is 0 Å². The van der Waals surface area contributed by atoms with Gasteiger partial charge in [0, 0.05) is 5.02 Å². The fourth-order valence-electron chi connectivity index (χ4n) is 1.53. The minimum Gasteiger partial charge on any atom is -0.495 e. The molecule has 0 radical (unpaired) electrons. The number of benzene rings is 1. The average molecular weight is 332 g/mol. The highest BCUT2D eigenvalue weighted by Crippen LogP contribution is 2.30. The third-order valence-electron chi connectivity index (χ3n) is 2.46. The first-order valence-corrected chi connectivity index (χ1v) is 7.39. The normalized spacial score (nSPS) is 11.1. The lowest BCUT2D eigenvalue weighted by atomic mass is 10.3. The molecule has 0 fully saturated rings. The van der Waals surface area contributed by atoms with Crippen molar-refractivity contribution in [3.63, 3.8) is 0 Å². The quantitative estimate of drug-likeness (QED) is 0.871. The van der Waals surface area contributed by atoms with Crippen molar-refractivity contribution < 1.29 is 27.5 Å². The fraction of sp³-hybridized carbons (Fsp3) is 0.0833. The van der Waals surface area contributed by atoms with Gasteiger partial charge in [-0.1, -0.05) is 11.6 Å². The molecule has 0 saturated carbocycles. The van der Waals surface area contributed by atoms with Gasteiger partial charge in [-0.15, -0.1) is 0 Å². The maximum absolute atomic E-state index is 12.1. The summed E-state index contributed by atoms with van der Waals surface area (Å²) in [5.74, 6) is -1.58. The van der Waals surface area contributed by atoms with Gasteiger partial charge < -0.3 is 14.3 Å². The molecule has 0 spiro atoms. The van der Waals surface area contributed by atoms with Crippen molar-refractivity contribution >= 4 is 33.3 Å². The molecule has 1 aromatic carbocycles. The molecule has 9 heteroatoms. The highest BCUT2D eigenvalue weighted by atomic mass is 35.5. The van der Waals surface area contributed by atoms with E-state index in [2.05, 4.69) is 4.72 Å². The van der Waals surface area contributed by atoms with Gasteiger partial charge in [0.05, 0.1) is 12.8 Å². The van der Waals surface area contributed by atoms with Gasteiger partial charge >= 0.3 is 5.97 Å². The Morgan fingerprint density at radius 3 is 2.62 bits per heavy atom. The second-order valence-electron chi connectivity index (χ2n) is 3.87. The van der Waals surface area contributed by atoms with Gasteiger partial charge in [-0.2, -0.15) is 8.42 Å². The Morgan fingerprint density at radius 2 is 2.05 bits per heavy atom. The number of ether oxygens (including phenoxy) is 1. The molecule has 0 aliphatic carbocycles. The number of halogens is 1. The second kappa shape index (κ2) is 5.66. The van der Waals surface area contributed by atoms with Crippen LogP contribution in [0.2, 0.25) is 5.02 Å². The second-order valence-corrected chi connectivity index (χ2v) is 5.92. The number of hydrogen-bond acceptors (Lipinski definition) is 5. The third-order valence-corrected chi connectivity index (χ3v) is 3.94. The Bertz CT molecular complexity index is 783. The lowest BCUT2D eigenvalue weighted by Gasteiger charge is -2.10. The molecule has 1 aromatic heterocycles. The van der Waals surface area contributed by atoms with Crippen LogP contribution in [0.3, 0.4) is 0 Å². The number of methoxy groups -OCH3 is 1. The molecule has 2 rings (SSSR count). The van der Waals surface area contributed by atoms with Crippen LogP contribution in [-0.2, 0) is 10.0 Å². The van der Waals surface area contributed by atoms with E-state index in [9.17, 15) is 13.2 Å². The summed E-state index contributed by atoms with van der Waals surface area (Å²) < 4.78 is 36.2. The maximum Gasteiger partial charge on any atom is 0.371 e. The minimum atomic E-state index is -4.09. The molecular formula is C12H10ClNO6S. The van der Waals surface area contributed by atoms with Crippen LogP contribution in [0.4, 0.5) is 5.69 Å². The predicted octanol–water partition coefficient (Wildman–Crippen LogP) is 2.44. The van der Waals surface area contributed by atoms with Gasteiger partial charge in [0.2, 0.25) is 10.9 Å². The number of nitrogens with one attached hydrogen (secondary N) is 1. The van der Waals surface area contributed by atoms with E-state index in [1.807, 2.05) is 0 Å². The molecule has 0 bridgehead atoms. The Morgan fingerprint density at radius 1 is 1.33 bits per heavy atom. The largest absolute Gasteiger partial charge is 0.495 e. The summed E-state index contributed by atoms with van der Waals surface area (Å²) >= 11 is 5.80. The topological polar surface area (TPSA) is 106 Å². The molecule has 2 N–H and O–H groups in total. The highest BCUT2D eigenvalue weighted by molar-refractivity contribution is 7.92. The predicted molar refractivity (Wildman–Crippen MR) is 74.5 cm³/mol. The summed E-state index contributed by atoms with van der Waals surface area (Å²) in [5.41, 5.74) is 0.110. The summed E-state index contributed by atoms with van der Waals surface area (Å²) in [5, 5.41) is 8.50. The summed E-state index contributed by atoms with van der Waals surface area (Å²) in [6.45, 7) is 0. The lowest BCUT2D eigenvalue weighted by Crippen LogP contribution is -2.13. The molecule has 2 aromatic rings. The molecule has 7 nitrogen and oxygen atoms in total. The van der Waals surface area contributed by atoms with Crippen molar-refractivity contribution in [2.45, 2.75) is 5.09 Å². The van der Waals surface area contributed by atoms with E-state index in [1.165, 1.54) is 25.3 Å². The molecule has 0 aliphatic rings. The lowest BCUT2D eigenvalue weighted by molar-refractivity contribution is 0.0656. The summed E-state index contributed by atoms with van der Waals surface area (Å²) in [6, 6.07) is 6.48. The molecule has 0 saturated heterocycles. The van der Waals surface area contributed by atoms with Crippen molar-refractivity contribution in [2.75, 3.05) is 11.8 Å². The maximum atomic E-state index is 12.1. The number of rotatable bonds is 5. The van der Waals surface area contributed by atoms with Crippen LogP contribution in [0.25, 0.3) is 0 Å². The number of hydrogen-bond donors (Lipinski definition) is 2. The number of carboxylic acid groups (broad SMARTS) is 1. The monoisotopic (exact) mass is 331 g/mol. The van der Waals surface area contributed by atoms with E-state index in [0.717, 1.165) is 12.1 Å². The number of anilines is 1. The van der Waals surface area contributed by atoms with Crippen LogP contribution in [0.5, 0.6) is 5.75 Å². The van der Waals surface area contributed by atoms with Crippen molar-refractivity contribution in [1.29, 1.82) is 0 Å². The van der Waals surface area contributed by atoms with Crippen molar-refractivity contribution in [3.8, 4) is 5.75 Å². The molecule has 112 valence electrons. The zero-order valence-electron chi connectivity index (χ0n) is 10.7. The Labute approximate surface area is 125 Å². The van der Waals surface area contributed by atoms with Crippen LogP contribution in [0, 0.1) is 0 Å². The standard InChI is InChI=1S/C12H10ClNO6S/c1-19-9-3-2-7(13)6-8(9)14-21(17,18)11-5-4-10(20-11)12(15)16/h2-6,14H,1H3,(H,15,16). The van der Waals surface area contributed by atoms with E-state index in [4.69, 9.17) is 25.9 Å². The Kier molecular flexibility index (Phi) is 4.10.